The number of benzene rings is 1. The molecule has 1 saturated heterocycles. The lowest BCUT2D eigenvalue weighted by molar-refractivity contribution is -0.120. The molecular formula is C19H21N3O3. The Bertz CT molecular complexity index is 791. The number of rotatable bonds is 4. The minimum Gasteiger partial charge on any atom is -0.477 e. The van der Waals surface area contributed by atoms with Gasteiger partial charge < -0.3 is 14.5 Å². The van der Waals surface area contributed by atoms with Crippen LogP contribution in [-0.4, -0.2) is 47.9 Å². The smallest absolute Gasteiger partial charge is 0.259 e. The van der Waals surface area contributed by atoms with Gasteiger partial charge >= 0.3 is 0 Å². The summed E-state index contributed by atoms with van der Waals surface area (Å²) in [6, 6.07) is 11.1. The molecule has 6 heteroatoms. The second-order valence-corrected chi connectivity index (χ2v) is 5.85. The third-order valence-corrected chi connectivity index (χ3v) is 4.20. The Morgan fingerprint density at radius 3 is 2.72 bits per heavy atom. The molecule has 2 amide bonds. The Balaban J connectivity index is 1.76. The minimum atomic E-state index is -0.227. The van der Waals surface area contributed by atoms with E-state index in [0.29, 0.717) is 31.1 Å². The maximum absolute atomic E-state index is 12.8. The van der Waals surface area contributed by atoms with Gasteiger partial charge in [0.1, 0.15) is 12.1 Å². The van der Waals surface area contributed by atoms with E-state index >= 15 is 0 Å². The van der Waals surface area contributed by atoms with Gasteiger partial charge in [-0.2, -0.15) is 0 Å². The van der Waals surface area contributed by atoms with Crippen molar-refractivity contribution < 1.29 is 14.3 Å². The Labute approximate surface area is 147 Å². The highest BCUT2D eigenvalue weighted by molar-refractivity contribution is 6.02. The molecule has 1 aromatic heterocycles. The second-order valence-electron chi connectivity index (χ2n) is 5.85. The number of ether oxygens (including phenoxy) is 1. The largest absolute Gasteiger partial charge is 0.477 e. The maximum atomic E-state index is 12.8. The molecule has 3 rings (SSSR count). The molecule has 1 fully saturated rings. The van der Waals surface area contributed by atoms with Crippen LogP contribution >= 0.6 is 0 Å². The lowest BCUT2D eigenvalue weighted by Crippen LogP contribution is -2.52. The number of carbonyl (C=O) groups excluding carboxylic acids is 2. The van der Waals surface area contributed by atoms with Crippen LogP contribution < -0.4 is 9.64 Å². The van der Waals surface area contributed by atoms with Gasteiger partial charge in [-0.15, -0.1) is 0 Å². The van der Waals surface area contributed by atoms with Crippen LogP contribution in [0.2, 0.25) is 0 Å². The fraction of sp³-hybridized carbons (Fsp3) is 0.316. The van der Waals surface area contributed by atoms with E-state index in [1.54, 1.807) is 28.1 Å². The fourth-order valence-corrected chi connectivity index (χ4v) is 2.94. The van der Waals surface area contributed by atoms with Crippen LogP contribution in [0.15, 0.2) is 42.6 Å². The summed E-state index contributed by atoms with van der Waals surface area (Å²) in [5.41, 5.74) is 2.33. The van der Waals surface area contributed by atoms with E-state index in [1.165, 1.54) is 0 Å². The number of hydrogen-bond donors (Lipinski definition) is 0. The predicted molar refractivity (Wildman–Crippen MR) is 94.8 cm³/mol. The first-order valence-corrected chi connectivity index (χ1v) is 8.35. The quantitative estimate of drug-likeness (QED) is 0.857. The highest BCUT2D eigenvalue weighted by Gasteiger charge is 2.30. The van der Waals surface area contributed by atoms with Crippen LogP contribution in [-0.2, 0) is 4.79 Å². The molecular weight excluding hydrogens is 318 g/mol. The third-order valence-electron chi connectivity index (χ3n) is 4.20. The van der Waals surface area contributed by atoms with E-state index in [0.717, 1.165) is 11.3 Å². The molecule has 0 atom stereocenters. The van der Waals surface area contributed by atoms with Crippen molar-refractivity contribution in [2.75, 3.05) is 31.1 Å². The monoisotopic (exact) mass is 339 g/mol. The zero-order valence-corrected chi connectivity index (χ0v) is 14.4. The Hall–Kier alpha value is -2.89. The third kappa shape index (κ3) is 3.47. The number of carbonyl (C=O) groups is 2. The highest BCUT2D eigenvalue weighted by atomic mass is 16.5. The van der Waals surface area contributed by atoms with Gasteiger partial charge in [0.15, 0.2) is 0 Å². The molecule has 0 aliphatic carbocycles. The number of aryl methyl sites for hydroxylation is 1. The molecule has 25 heavy (non-hydrogen) atoms. The average Bonchev–Trinajstić information content (AvgIpc) is 2.63. The summed E-state index contributed by atoms with van der Waals surface area (Å²) in [6.45, 7) is 5.24. The van der Waals surface area contributed by atoms with Crippen LogP contribution in [0.3, 0.4) is 0 Å². The lowest BCUT2D eigenvalue weighted by Gasteiger charge is -2.35. The number of amides is 2. The van der Waals surface area contributed by atoms with Crippen molar-refractivity contribution >= 4 is 17.5 Å². The molecule has 0 saturated carbocycles. The number of para-hydroxylation sites is 1. The summed E-state index contributed by atoms with van der Waals surface area (Å²) in [7, 11) is 0. The van der Waals surface area contributed by atoms with Crippen LogP contribution in [0.4, 0.5) is 5.69 Å². The van der Waals surface area contributed by atoms with Crippen LogP contribution in [0.25, 0.3) is 0 Å². The van der Waals surface area contributed by atoms with Gasteiger partial charge in [-0.25, -0.2) is 4.98 Å². The molecule has 1 aliphatic heterocycles. The van der Waals surface area contributed by atoms with Gasteiger partial charge in [0.05, 0.1) is 6.61 Å². The first-order chi connectivity index (χ1) is 12.1. The van der Waals surface area contributed by atoms with Crippen molar-refractivity contribution in [3.8, 4) is 5.88 Å². The second kappa shape index (κ2) is 7.34. The van der Waals surface area contributed by atoms with Crippen molar-refractivity contribution in [1.82, 2.24) is 9.88 Å². The summed E-state index contributed by atoms with van der Waals surface area (Å²) in [4.78, 5) is 32.8. The number of hydrogen-bond acceptors (Lipinski definition) is 4. The van der Waals surface area contributed by atoms with Crippen molar-refractivity contribution in [3.63, 3.8) is 0 Å². The predicted octanol–water partition coefficient (Wildman–Crippen LogP) is 2.28. The van der Waals surface area contributed by atoms with Gasteiger partial charge in [-0.05, 0) is 37.6 Å². The van der Waals surface area contributed by atoms with Crippen molar-refractivity contribution in [2.45, 2.75) is 13.8 Å². The van der Waals surface area contributed by atoms with Crippen LogP contribution in [0.5, 0.6) is 5.88 Å². The van der Waals surface area contributed by atoms with E-state index < -0.39 is 0 Å². The van der Waals surface area contributed by atoms with E-state index in [-0.39, 0.29) is 18.4 Å². The molecule has 0 spiro atoms. The molecule has 1 aromatic carbocycles. The van der Waals surface area contributed by atoms with E-state index in [4.69, 9.17) is 4.74 Å². The molecule has 0 radical (unpaired) electrons. The normalized spacial score (nSPS) is 14.6. The Morgan fingerprint density at radius 1 is 1.20 bits per heavy atom. The number of pyridine rings is 1. The van der Waals surface area contributed by atoms with Gasteiger partial charge in [-0.1, -0.05) is 18.2 Å². The molecule has 130 valence electrons. The topological polar surface area (TPSA) is 62.7 Å². The summed E-state index contributed by atoms with van der Waals surface area (Å²) >= 11 is 0. The zero-order valence-electron chi connectivity index (χ0n) is 14.4. The molecule has 0 unspecified atom stereocenters. The Morgan fingerprint density at radius 2 is 2.00 bits per heavy atom. The number of anilines is 1. The number of nitrogens with zero attached hydrogens (tertiary/aromatic N) is 3. The van der Waals surface area contributed by atoms with Crippen molar-refractivity contribution in [3.05, 3.63) is 53.7 Å². The van der Waals surface area contributed by atoms with Crippen LogP contribution in [0.1, 0.15) is 22.8 Å². The number of piperazine rings is 1. The lowest BCUT2D eigenvalue weighted by atomic mass is 10.1. The van der Waals surface area contributed by atoms with E-state index in [2.05, 4.69) is 4.98 Å². The fourth-order valence-electron chi connectivity index (χ4n) is 2.94. The summed E-state index contributed by atoms with van der Waals surface area (Å²) < 4.78 is 5.43. The first-order valence-electron chi connectivity index (χ1n) is 8.35. The molecule has 2 heterocycles. The van der Waals surface area contributed by atoms with Crippen molar-refractivity contribution in [2.24, 2.45) is 0 Å². The zero-order chi connectivity index (χ0) is 17.8. The average molecular weight is 339 g/mol. The van der Waals surface area contributed by atoms with Gasteiger partial charge in [0.2, 0.25) is 11.8 Å². The van der Waals surface area contributed by atoms with Crippen LogP contribution in [0, 0.1) is 6.92 Å². The molecule has 0 N–H and O–H groups in total. The molecule has 6 nitrogen and oxygen atoms in total. The molecule has 0 bridgehead atoms. The highest BCUT2D eigenvalue weighted by Crippen LogP contribution is 2.23. The minimum absolute atomic E-state index is 0.0492. The maximum Gasteiger partial charge on any atom is 0.259 e. The van der Waals surface area contributed by atoms with Gasteiger partial charge in [0, 0.05) is 25.0 Å². The first kappa shape index (κ1) is 17.0. The standard InChI is InChI=1S/C19H21N3O3/c1-3-25-18-15(8-6-10-20-18)19(24)21-11-12-22(17(23)13-21)16-9-5-4-7-14(16)2/h4-10H,3,11-13H2,1-2H3. The summed E-state index contributed by atoms with van der Waals surface area (Å²) in [6.07, 6.45) is 1.59. The van der Waals surface area contributed by atoms with E-state index in [1.807, 2.05) is 38.1 Å². The van der Waals surface area contributed by atoms with Gasteiger partial charge in [0.25, 0.3) is 5.91 Å². The van der Waals surface area contributed by atoms with Gasteiger partial charge in [-0.3, -0.25) is 9.59 Å². The summed E-state index contributed by atoms with van der Waals surface area (Å²) in [5.74, 6) is -0.00568. The SMILES string of the molecule is CCOc1ncccc1C(=O)N1CCN(c2ccccc2C)C(=O)C1. The van der Waals surface area contributed by atoms with E-state index in [9.17, 15) is 9.59 Å². The molecule has 2 aromatic rings. The summed E-state index contributed by atoms with van der Waals surface area (Å²) in [5, 5.41) is 0. The molecule has 1 aliphatic rings. The Kier molecular flexibility index (Phi) is 4.97. The van der Waals surface area contributed by atoms with Crippen molar-refractivity contribution in [1.29, 1.82) is 0 Å². The number of aromatic nitrogens is 1.